The van der Waals surface area contributed by atoms with Crippen molar-refractivity contribution in [2.75, 3.05) is 5.32 Å². The van der Waals surface area contributed by atoms with Crippen molar-refractivity contribution >= 4 is 22.7 Å². The van der Waals surface area contributed by atoms with Crippen LogP contribution in [0.1, 0.15) is 5.69 Å². The van der Waals surface area contributed by atoms with E-state index in [4.69, 9.17) is 0 Å². The van der Waals surface area contributed by atoms with Gasteiger partial charge in [0.2, 0.25) is 0 Å². The van der Waals surface area contributed by atoms with Crippen LogP contribution in [0.2, 0.25) is 0 Å². The molecule has 0 fully saturated rings. The van der Waals surface area contributed by atoms with E-state index >= 15 is 0 Å². The van der Waals surface area contributed by atoms with E-state index in [1.807, 2.05) is 47.0 Å². The number of hydrogen-bond donors (Lipinski definition) is 1. The molecule has 1 N–H and O–H groups in total. The number of pyridine rings is 1. The van der Waals surface area contributed by atoms with Gasteiger partial charge in [-0.1, -0.05) is 24.3 Å². The minimum atomic E-state index is -3.66. The zero-order chi connectivity index (χ0) is 21.0. The molecular formula is C22H13F2N5O2. The molecule has 3 aromatic heterocycles. The number of hydrogen-bond acceptors (Lipinski definition) is 6. The van der Waals surface area contributed by atoms with Crippen molar-refractivity contribution in [1.29, 1.82) is 0 Å². The monoisotopic (exact) mass is 417 g/mol. The summed E-state index contributed by atoms with van der Waals surface area (Å²) in [5.41, 5.74) is 4.72. The Morgan fingerprint density at radius 2 is 1.84 bits per heavy atom. The van der Waals surface area contributed by atoms with Gasteiger partial charge in [0.25, 0.3) is 0 Å². The molecule has 0 amide bonds. The summed E-state index contributed by atoms with van der Waals surface area (Å²) in [6.07, 6.45) is 7.49. The van der Waals surface area contributed by atoms with Gasteiger partial charge in [-0.3, -0.25) is 9.38 Å². The Morgan fingerprint density at radius 3 is 2.68 bits per heavy atom. The molecule has 4 heterocycles. The number of allylic oxidation sites excluding steroid dienone is 4. The summed E-state index contributed by atoms with van der Waals surface area (Å²) >= 11 is 0. The molecule has 1 aliphatic carbocycles. The summed E-state index contributed by atoms with van der Waals surface area (Å²) < 4.78 is 37.4. The van der Waals surface area contributed by atoms with Gasteiger partial charge in [0, 0.05) is 23.5 Å². The first kappa shape index (κ1) is 17.6. The number of nitrogens with one attached hydrogen (secondary N) is 1. The van der Waals surface area contributed by atoms with Gasteiger partial charge in [0.1, 0.15) is 17.2 Å². The van der Waals surface area contributed by atoms with Crippen LogP contribution >= 0.6 is 0 Å². The zero-order valence-electron chi connectivity index (χ0n) is 15.8. The second kappa shape index (κ2) is 6.36. The van der Waals surface area contributed by atoms with Crippen LogP contribution in [0.25, 0.3) is 22.6 Å². The van der Waals surface area contributed by atoms with Gasteiger partial charge in [-0.15, -0.1) is 8.78 Å². The third-order valence-electron chi connectivity index (χ3n) is 4.91. The first-order valence-corrected chi connectivity index (χ1v) is 9.40. The number of fused-ring (bicyclic) bond motifs is 2. The summed E-state index contributed by atoms with van der Waals surface area (Å²) in [6.45, 7) is 0. The summed E-state index contributed by atoms with van der Waals surface area (Å²) in [7, 11) is 0. The van der Waals surface area contributed by atoms with Crippen molar-refractivity contribution in [3.05, 3.63) is 78.9 Å². The van der Waals surface area contributed by atoms with E-state index in [-0.39, 0.29) is 11.5 Å². The normalized spacial score (nSPS) is 15.6. The lowest BCUT2D eigenvalue weighted by Crippen LogP contribution is -2.25. The van der Waals surface area contributed by atoms with Gasteiger partial charge in [-0.2, -0.15) is 0 Å². The third-order valence-corrected chi connectivity index (χ3v) is 4.91. The highest BCUT2D eigenvalue weighted by Gasteiger charge is 2.43. The molecule has 0 bridgehead atoms. The first-order chi connectivity index (χ1) is 15.0. The molecule has 152 valence electrons. The van der Waals surface area contributed by atoms with Crippen molar-refractivity contribution in [1.82, 2.24) is 19.4 Å². The van der Waals surface area contributed by atoms with Crippen molar-refractivity contribution in [3.8, 4) is 22.9 Å². The predicted octanol–water partition coefficient (Wildman–Crippen LogP) is 4.81. The fourth-order valence-electron chi connectivity index (χ4n) is 3.45. The Kier molecular flexibility index (Phi) is 3.61. The van der Waals surface area contributed by atoms with Gasteiger partial charge < -0.3 is 14.8 Å². The molecule has 0 saturated heterocycles. The van der Waals surface area contributed by atoms with Crippen LogP contribution < -0.4 is 14.8 Å². The predicted molar refractivity (Wildman–Crippen MR) is 109 cm³/mol. The summed E-state index contributed by atoms with van der Waals surface area (Å²) in [6, 6.07) is 10.2. The Morgan fingerprint density at radius 1 is 0.968 bits per heavy atom. The molecule has 7 nitrogen and oxygen atoms in total. The number of nitrogens with zero attached hydrogens (tertiary/aromatic N) is 4. The lowest BCUT2D eigenvalue weighted by molar-refractivity contribution is -0.286. The highest BCUT2D eigenvalue weighted by atomic mass is 19.3. The Bertz CT molecular complexity index is 1410. The topological polar surface area (TPSA) is 73.6 Å². The van der Waals surface area contributed by atoms with Crippen LogP contribution in [0.5, 0.6) is 11.5 Å². The van der Waals surface area contributed by atoms with E-state index in [0.29, 0.717) is 17.2 Å². The number of aromatic nitrogens is 4. The van der Waals surface area contributed by atoms with Crippen LogP contribution in [-0.2, 0) is 0 Å². The first-order valence-electron chi connectivity index (χ1n) is 9.40. The minimum absolute atomic E-state index is 0.0191. The highest BCUT2D eigenvalue weighted by Crippen LogP contribution is 2.42. The zero-order valence-corrected chi connectivity index (χ0v) is 15.8. The van der Waals surface area contributed by atoms with E-state index in [0.717, 1.165) is 22.6 Å². The number of halogens is 2. The van der Waals surface area contributed by atoms with E-state index in [1.54, 1.807) is 18.5 Å². The largest absolute Gasteiger partial charge is 0.586 e. The van der Waals surface area contributed by atoms with Gasteiger partial charge in [0.05, 0.1) is 23.8 Å². The molecule has 2 aliphatic rings. The van der Waals surface area contributed by atoms with Crippen LogP contribution in [0, 0.1) is 0 Å². The van der Waals surface area contributed by atoms with E-state index in [9.17, 15) is 8.78 Å². The van der Waals surface area contributed by atoms with E-state index in [2.05, 4.69) is 29.7 Å². The van der Waals surface area contributed by atoms with Crippen LogP contribution in [0.15, 0.2) is 73.2 Å². The SMILES string of the molecule is FC1(F)Oc2ccc(Nc3cncc(-c4cccc5nc(C6=CC=C6)cn45)n3)cc2O1. The summed E-state index contributed by atoms with van der Waals surface area (Å²) in [5, 5.41) is 3.06. The maximum atomic E-state index is 13.2. The Labute approximate surface area is 174 Å². The molecule has 31 heavy (non-hydrogen) atoms. The smallest absolute Gasteiger partial charge is 0.395 e. The standard InChI is InChI=1S/C22H13F2N5O2/c23-22(24)30-18-8-7-14(9-19(18)31-22)26-20-11-25-10-15(27-20)17-5-2-6-21-28-16(12-29(17)21)13-3-1-4-13/h1-12H,(H,26,27). The molecule has 6 rings (SSSR count). The van der Waals surface area contributed by atoms with Crippen LogP contribution in [0.3, 0.4) is 0 Å². The second-order valence-electron chi connectivity index (χ2n) is 6.99. The molecule has 4 aromatic rings. The lowest BCUT2D eigenvalue weighted by atomic mass is 10.1. The molecule has 0 radical (unpaired) electrons. The summed E-state index contributed by atoms with van der Waals surface area (Å²) in [5.74, 6) is 0.383. The number of ether oxygens (including phenoxy) is 2. The fraction of sp³-hybridized carbons (Fsp3) is 0.0455. The average Bonchev–Trinajstić information content (AvgIpc) is 3.25. The van der Waals surface area contributed by atoms with E-state index in [1.165, 1.54) is 12.1 Å². The van der Waals surface area contributed by atoms with Gasteiger partial charge in [-0.05, 0) is 24.3 Å². The number of benzene rings is 1. The molecule has 9 heteroatoms. The molecule has 1 aromatic carbocycles. The lowest BCUT2D eigenvalue weighted by Gasteiger charge is -2.09. The third kappa shape index (κ3) is 3.07. The molecule has 0 spiro atoms. The van der Waals surface area contributed by atoms with Crippen molar-refractivity contribution in [2.45, 2.75) is 6.29 Å². The summed E-state index contributed by atoms with van der Waals surface area (Å²) in [4.78, 5) is 13.5. The van der Waals surface area contributed by atoms with Gasteiger partial charge >= 0.3 is 6.29 Å². The van der Waals surface area contributed by atoms with Gasteiger partial charge in [0.15, 0.2) is 11.5 Å². The maximum Gasteiger partial charge on any atom is 0.586 e. The quantitative estimate of drug-likeness (QED) is 0.514. The Balaban J connectivity index is 1.32. The van der Waals surface area contributed by atoms with Crippen molar-refractivity contribution < 1.29 is 18.3 Å². The molecular weight excluding hydrogens is 404 g/mol. The minimum Gasteiger partial charge on any atom is -0.395 e. The Hall–Kier alpha value is -4.27. The number of anilines is 2. The van der Waals surface area contributed by atoms with Crippen LogP contribution in [-0.4, -0.2) is 25.6 Å². The molecule has 0 atom stereocenters. The van der Waals surface area contributed by atoms with Gasteiger partial charge in [-0.25, -0.2) is 9.97 Å². The molecule has 0 saturated carbocycles. The van der Waals surface area contributed by atoms with Crippen molar-refractivity contribution in [3.63, 3.8) is 0 Å². The highest BCUT2D eigenvalue weighted by molar-refractivity contribution is 5.80. The molecule has 0 unspecified atom stereocenters. The number of rotatable bonds is 4. The molecule has 1 aliphatic heterocycles. The second-order valence-corrected chi connectivity index (χ2v) is 6.99. The van der Waals surface area contributed by atoms with Crippen LogP contribution in [0.4, 0.5) is 20.3 Å². The fourth-order valence-corrected chi connectivity index (χ4v) is 3.45. The van der Waals surface area contributed by atoms with Crippen molar-refractivity contribution in [2.24, 2.45) is 0 Å². The number of imidazole rings is 1. The van der Waals surface area contributed by atoms with E-state index < -0.39 is 6.29 Å². The number of alkyl halides is 2. The average molecular weight is 417 g/mol. The maximum absolute atomic E-state index is 13.2.